The lowest BCUT2D eigenvalue weighted by atomic mass is 9.78. The molecule has 106 valence electrons. The maximum Gasteiger partial charge on any atom is 0.313 e. The number of nitrogens with zero attached hydrogens (tertiary/aromatic N) is 1. The summed E-state index contributed by atoms with van der Waals surface area (Å²) < 4.78 is 5.53. The molecule has 0 aromatic rings. The Labute approximate surface area is 111 Å². The van der Waals surface area contributed by atoms with Crippen LogP contribution in [0.25, 0.3) is 0 Å². The molecule has 1 aliphatic heterocycles. The summed E-state index contributed by atoms with van der Waals surface area (Å²) in [5.41, 5.74) is 4.95. The molecule has 0 unspecified atom stereocenters. The zero-order valence-electron chi connectivity index (χ0n) is 12.5. The summed E-state index contributed by atoms with van der Waals surface area (Å²) in [6.45, 7) is 12.3. The van der Waals surface area contributed by atoms with Gasteiger partial charge in [0, 0.05) is 12.6 Å². The highest BCUT2D eigenvalue weighted by molar-refractivity contribution is 5.77. The van der Waals surface area contributed by atoms with Gasteiger partial charge in [-0.3, -0.25) is 4.79 Å². The number of nitrogens with two attached hydrogens (primary N) is 1. The molecule has 1 rings (SSSR count). The number of ether oxygens (including phenoxy) is 1. The van der Waals surface area contributed by atoms with Crippen molar-refractivity contribution in [3.63, 3.8) is 0 Å². The molecule has 4 heteroatoms. The third-order valence-electron chi connectivity index (χ3n) is 3.71. The van der Waals surface area contributed by atoms with Crippen LogP contribution in [0.3, 0.4) is 0 Å². The molecule has 0 aliphatic carbocycles. The Morgan fingerprint density at radius 3 is 2.17 bits per heavy atom. The summed E-state index contributed by atoms with van der Waals surface area (Å²) in [5, 5.41) is 0. The van der Waals surface area contributed by atoms with E-state index < -0.39 is 11.0 Å². The lowest BCUT2D eigenvalue weighted by molar-refractivity contribution is -0.170. The Morgan fingerprint density at radius 1 is 1.33 bits per heavy atom. The van der Waals surface area contributed by atoms with Crippen LogP contribution in [-0.2, 0) is 9.53 Å². The zero-order chi connectivity index (χ0) is 14.0. The minimum absolute atomic E-state index is 0.124. The van der Waals surface area contributed by atoms with E-state index in [0.29, 0.717) is 12.6 Å². The molecule has 0 aromatic heterocycles. The number of carbonyl (C=O) groups is 1. The van der Waals surface area contributed by atoms with Crippen molar-refractivity contribution >= 4 is 5.97 Å². The van der Waals surface area contributed by atoms with Gasteiger partial charge < -0.3 is 15.4 Å². The van der Waals surface area contributed by atoms with Crippen LogP contribution in [0, 0.1) is 5.41 Å². The van der Waals surface area contributed by atoms with Crippen LogP contribution in [0.5, 0.6) is 0 Å². The average Bonchev–Trinajstić information content (AvgIpc) is 2.26. The molecule has 1 heterocycles. The first-order valence-electron chi connectivity index (χ1n) is 6.88. The SMILES string of the molecule is CC(C)N1CCC(CN)(C(=O)OC(C)(C)C)CC1. The quantitative estimate of drug-likeness (QED) is 0.782. The van der Waals surface area contributed by atoms with Crippen molar-refractivity contribution in [2.24, 2.45) is 11.1 Å². The minimum atomic E-state index is -0.474. The smallest absolute Gasteiger partial charge is 0.313 e. The fourth-order valence-corrected chi connectivity index (χ4v) is 2.35. The van der Waals surface area contributed by atoms with Crippen molar-refractivity contribution in [1.82, 2.24) is 4.90 Å². The normalized spacial score (nSPS) is 21.1. The van der Waals surface area contributed by atoms with Gasteiger partial charge in [-0.15, -0.1) is 0 Å². The number of piperidine rings is 1. The third-order valence-corrected chi connectivity index (χ3v) is 3.71. The van der Waals surface area contributed by atoms with E-state index in [0.717, 1.165) is 25.9 Å². The molecule has 1 saturated heterocycles. The molecule has 0 bridgehead atoms. The molecule has 18 heavy (non-hydrogen) atoms. The van der Waals surface area contributed by atoms with Crippen LogP contribution in [0.4, 0.5) is 0 Å². The Balaban J connectivity index is 2.69. The first kappa shape index (κ1) is 15.4. The number of hydrogen-bond acceptors (Lipinski definition) is 4. The molecule has 0 amide bonds. The van der Waals surface area contributed by atoms with Gasteiger partial charge in [-0.1, -0.05) is 0 Å². The van der Waals surface area contributed by atoms with Crippen LogP contribution in [0.15, 0.2) is 0 Å². The van der Waals surface area contributed by atoms with Crippen molar-refractivity contribution in [2.75, 3.05) is 19.6 Å². The van der Waals surface area contributed by atoms with E-state index in [9.17, 15) is 4.79 Å². The number of carbonyl (C=O) groups excluding carboxylic acids is 1. The standard InChI is InChI=1S/C14H28N2O2/c1-11(2)16-8-6-14(10-15,7-9-16)12(17)18-13(3,4)5/h11H,6-10,15H2,1-5H3. The van der Waals surface area contributed by atoms with E-state index >= 15 is 0 Å². The molecule has 2 N–H and O–H groups in total. The predicted octanol–water partition coefficient (Wildman–Crippen LogP) is 1.78. The van der Waals surface area contributed by atoms with Crippen molar-refractivity contribution < 1.29 is 9.53 Å². The highest BCUT2D eigenvalue weighted by atomic mass is 16.6. The summed E-state index contributed by atoms with van der Waals surface area (Å²) in [6, 6.07) is 0.527. The highest BCUT2D eigenvalue weighted by Crippen LogP contribution is 2.33. The maximum absolute atomic E-state index is 12.3. The lowest BCUT2D eigenvalue weighted by Gasteiger charge is -2.41. The summed E-state index contributed by atoms with van der Waals surface area (Å²) in [4.78, 5) is 14.7. The first-order chi connectivity index (χ1) is 8.20. The molecule has 1 fully saturated rings. The predicted molar refractivity (Wildman–Crippen MR) is 73.3 cm³/mol. The monoisotopic (exact) mass is 256 g/mol. The zero-order valence-corrected chi connectivity index (χ0v) is 12.5. The van der Waals surface area contributed by atoms with Crippen LogP contribution in [0.2, 0.25) is 0 Å². The lowest BCUT2D eigenvalue weighted by Crippen LogP contribution is -2.51. The minimum Gasteiger partial charge on any atom is -0.460 e. The van der Waals surface area contributed by atoms with Crippen molar-refractivity contribution in [2.45, 2.75) is 59.1 Å². The summed E-state index contributed by atoms with van der Waals surface area (Å²) in [7, 11) is 0. The second kappa shape index (κ2) is 5.57. The average molecular weight is 256 g/mol. The molecule has 0 radical (unpaired) electrons. The van der Waals surface area contributed by atoms with Gasteiger partial charge in [-0.25, -0.2) is 0 Å². The Bertz CT molecular complexity index is 287. The van der Waals surface area contributed by atoms with Gasteiger partial charge in [0.25, 0.3) is 0 Å². The number of hydrogen-bond donors (Lipinski definition) is 1. The van der Waals surface area contributed by atoms with E-state index in [4.69, 9.17) is 10.5 Å². The molecule has 0 aromatic carbocycles. The second-order valence-corrected chi connectivity index (χ2v) is 6.62. The van der Waals surface area contributed by atoms with Crippen LogP contribution >= 0.6 is 0 Å². The van der Waals surface area contributed by atoms with Crippen LogP contribution in [-0.4, -0.2) is 42.1 Å². The maximum atomic E-state index is 12.3. The van der Waals surface area contributed by atoms with Crippen molar-refractivity contribution in [3.8, 4) is 0 Å². The van der Waals surface area contributed by atoms with E-state index in [1.54, 1.807) is 0 Å². The molecular formula is C14H28N2O2. The van der Waals surface area contributed by atoms with Crippen molar-refractivity contribution in [3.05, 3.63) is 0 Å². The summed E-state index contributed by atoms with van der Waals surface area (Å²) in [5.74, 6) is -0.124. The molecule has 0 spiro atoms. The largest absolute Gasteiger partial charge is 0.460 e. The number of likely N-dealkylation sites (tertiary alicyclic amines) is 1. The van der Waals surface area contributed by atoms with Crippen molar-refractivity contribution in [1.29, 1.82) is 0 Å². The molecule has 0 atom stereocenters. The number of esters is 1. The van der Waals surface area contributed by atoms with E-state index in [1.165, 1.54) is 0 Å². The van der Waals surface area contributed by atoms with Gasteiger partial charge in [0.2, 0.25) is 0 Å². The van der Waals surface area contributed by atoms with E-state index in [-0.39, 0.29) is 5.97 Å². The van der Waals surface area contributed by atoms with E-state index in [1.807, 2.05) is 20.8 Å². The molecule has 0 saturated carbocycles. The molecule has 1 aliphatic rings. The number of rotatable bonds is 3. The second-order valence-electron chi connectivity index (χ2n) is 6.62. The fourth-order valence-electron chi connectivity index (χ4n) is 2.35. The van der Waals surface area contributed by atoms with Crippen LogP contribution in [0.1, 0.15) is 47.5 Å². The van der Waals surface area contributed by atoms with Gasteiger partial charge >= 0.3 is 5.97 Å². The van der Waals surface area contributed by atoms with Gasteiger partial charge in [0.15, 0.2) is 0 Å². The van der Waals surface area contributed by atoms with Gasteiger partial charge in [-0.05, 0) is 60.5 Å². The summed E-state index contributed by atoms with van der Waals surface area (Å²) >= 11 is 0. The highest BCUT2D eigenvalue weighted by Gasteiger charge is 2.43. The Morgan fingerprint density at radius 2 is 1.83 bits per heavy atom. The third kappa shape index (κ3) is 3.69. The van der Waals surface area contributed by atoms with Gasteiger partial charge in [0.1, 0.15) is 5.60 Å². The summed E-state index contributed by atoms with van der Waals surface area (Å²) in [6.07, 6.45) is 1.60. The topological polar surface area (TPSA) is 55.6 Å². The Kier molecular flexibility index (Phi) is 4.78. The van der Waals surface area contributed by atoms with Gasteiger partial charge in [0.05, 0.1) is 5.41 Å². The molecular weight excluding hydrogens is 228 g/mol. The van der Waals surface area contributed by atoms with Crippen LogP contribution < -0.4 is 5.73 Å². The first-order valence-corrected chi connectivity index (χ1v) is 6.88. The molecule has 4 nitrogen and oxygen atoms in total. The van der Waals surface area contributed by atoms with E-state index in [2.05, 4.69) is 18.7 Å². The Hall–Kier alpha value is -0.610. The van der Waals surface area contributed by atoms with Gasteiger partial charge in [-0.2, -0.15) is 0 Å². The fraction of sp³-hybridized carbons (Fsp3) is 0.929.